The number of sulfonamides is 2. The molecule has 0 saturated carbocycles. The minimum Gasteiger partial charge on any atom is -0.495 e. The van der Waals surface area contributed by atoms with E-state index in [1.54, 1.807) is 18.2 Å². The third-order valence-electron chi connectivity index (χ3n) is 5.89. The zero-order valence-electron chi connectivity index (χ0n) is 20.0. The number of halogens is 1. The molecule has 4 rings (SSSR count). The predicted molar refractivity (Wildman–Crippen MR) is 142 cm³/mol. The van der Waals surface area contributed by atoms with Crippen LogP contribution >= 0.6 is 11.6 Å². The van der Waals surface area contributed by atoms with Gasteiger partial charge < -0.3 is 10.1 Å². The molecule has 1 aliphatic heterocycles. The third kappa shape index (κ3) is 6.07. The van der Waals surface area contributed by atoms with Crippen molar-refractivity contribution in [3.63, 3.8) is 0 Å². The molecule has 1 saturated heterocycles. The van der Waals surface area contributed by atoms with Crippen molar-refractivity contribution in [1.29, 1.82) is 0 Å². The molecule has 0 unspecified atom stereocenters. The zero-order chi connectivity index (χ0) is 26.6. The average molecular weight is 564 g/mol. The van der Waals surface area contributed by atoms with E-state index in [2.05, 4.69) is 10.0 Å². The quantitative estimate of drug-likeness (QED) is 0.414. The minimum absolute atomic E-state index is 0.00169. The number of piperidine rings is 1. The van der Waals surface area contributed by atoms with Crippen LogP contribution in [0.15, 0.2) is 76.5 Å². The molecule has 3 aromatic carbocycles. The maximum absolute atomic E-state index is 13.1. The average Bonchev–Trinajstić information content (AvgIpc) is 2.89. The number of ether oxygens (including phenoxy) is 1. The second-order valence-electron chi connectivity index (χ2n) is 8.39. The fourth-order valence-corrected chi connectivity index (χ4v) is 6.85. The highest BCUT2D eigenvalue weighted by atomic mass is 35.5. The van der Waals surface area contributed by atoms with Crippen molar-refractivity contribution in [3.05, 3.63) is 77.3 Å². The van der Waals surface area contributed by atoms with Crippen LogP contribution in [0.25, 0.3) is 0 Å². The van der Waals surface area contributed by atoms with Crippen molar-refractivity contribution < 1.29 is 26.4 Å². The summed E-state index contributed by atoms with van der Waals surface area (Å²) in [6.45, 7) is 0.901. The van der Waals surface area contributed by atoms with Crippen LogP contribution in [-0.2, 0) is 20.0 Å². The Labute approximate surface area is 221 Å². The number of carbonyl (C=O) groups excluding carboxylic acids is 1. The summed E-state index contributed by atoms with van der Waals surface area (Å²) in [5.74, 6) is -0.345. The normalized spacial score (nSPS) is 14.6. The maximum atomic E-state index is 13.1. The summed E-state index contributed by atoms with van der Waals surface area (Å²) in [7, 11) is -6.16. The first-order chi connectivity index (χ1) is 17.6. The number of carbonyl (C=O) groups is 1. The van der Waals surface area contributed by atoms with E-state index in [1.807, 2.05) is 0 Å². The lowest BCUT2D eigenvalue weighted by molar-refractivity contribution is 0.102. The largest absolute Gasteiger partial charge is 0.495 e. The third-order valence-corrected chi connectivity index (χ3v) is 9.50. The Morgan fingerprint density at radius 3 is 2.24 bits per heavy atom. The van der Waals surface area contributed by atoms with Crippen LogP contribution in [0.2, 0.25) is 5.02 Å². The van der Waals surface area contributed by atoms with Gasteiger partial charge >= 0.3 is 0 Å². The van der Waals surface area contributed by atoms with Gasteiger partial charge in [0.2, 0.25) is 10.0 Å². The van der Waals surface area contributed by atoms with E-state index >= 15 is 0 Å². The van der Waals surface area contributed by atoms with E-state index in [0.29, 0.717) is 13.1 Å². The molecular weight excluding hydrogens is 538 g/mol. The number of amides is 1. The van der Waals surface area contributed by atoms with Crippen molar-refractivity contribution in [3.8, 4) is 5.75 Å². The van der Waals surface area contributed by atoms with Crippen molar-refractivity contribution in [2.45, 2.75) is 29.1 Å². The molecular formula is C25H26ClN3O6S2. The summed E-state index contributed by atoms with van der Waals surface area (Å²) in [6, 6.07) is 16.2. The van der Waals surface area contributed by atoms with Gasteiger partial charge in [0.15, 0.2) is 0 Å². The van der Waals surface area contributed by atoms with E-state index in [9.17, 15) is 21.6 Å². The number of nitrogens with zero attached hydrogens (tertiary/aromatic N) is 1. The molecule has 3 aromatic rings. The lowest BCUT2D eigenvalue weighted by atomic mass is 10.2. The molecule has 0 bridgehead atoms. The van der Waals surface area contributed by atoms with Crippen LogP contribution in [-0.4, -0.2) is 47.2 Å². The second-order valence-corrected chi connectivity index (χ2v) is 12.4. The van der Waals surface area contributed by atoms with Gasteiger partial charge in [-0.25, -0.2) is 16.8 Å². The van der Waals surface area contributed by atoms with Gasteiger partial charge in [0, 0.05) is 13.1 Å². The Kier molecular flexibility index (Phi) is 8.08. The first kappa shape index (κ1) is 26.9. The smallest absolute Gasteiger partial charge is 0.261 e. The monoisotopic (exact) mass is 563 g/mol. The van der Waals surface area contributed by atoms with Gasteiger partial charge in [-0.15, -0.1) is 0 Å². The molecule has 0 spiro atoms. The lowest BCUT2D eigenvalue weighted by Crippen LogP contribution is -2.35. The SMILES string of the molecule is COc1ccc(S(=O)(=O)N2CCCCC2)cc1NC(=O)c1ccc(NS(=O)(=O)c2ccccc2)cc1Cl. The Morgan fingerprint density at radius 2 is 1.59 bits per heavy atom. The summed E-state index contributed by atoms with van der Waals surface area (Å²) in [5.41, 5.74) is 0.406. The minimum atomic E-state index is -3.84. The van der Waals surface area contributed by atoms with E-state index in [1.165, 1.54) is 59.9 Å². The summed E-state index contributed by atoms with van der Waals surface area (Å²) in [4.78, 5) is 13.2. The van der Waals surface area contributed by atoms with Gasteiger partial charge in [0.05, 0.1) is 38.9 Å². The molecule has 12 heteroatoms. The van der Waals surface area contributed by atoms with Gasteiger partial charge in [-0.05, 0) is 61.4 Å². The molecule has 1 fully saturated rings. The molecule has 37 heavy (non-hydrogen) atoms. The van der Waals surface area contributed by atoms with Gasteiger partial charge in [-0.3, -0.25) is 9.52 Å². The number of rotatable bonds is 8. The highest BCUT2D eigenvalue weighted by Crippen LogP contribution is 2.31. The molecule has 1 amide bonds. The number of nitrogens with one attached hydrogen (secondary N) is 2. The first-order valence-electron chi connectivity index (χ1n) is 11.5. The van der Waals surface area contributed by atoms with Gasteiger partial charge in [0.1, 0.15) is 5.75 Å². The van der Waals surface area contributed by atoms with Crippen molar-refractivity contribution in [2.24, 2.45) is 0 Å². The Morgan fingerprint density at radius 1 is 0.892 bits per heavy atom. The van der Waals surface area contributed by atoms with Gasteiger partial charge in [-0.1, -0.05) is 36.2 Å². The van der Waals surface area contributed by atoms with Crippen LogP contribution < -0.4 is 14.8 Å². The maximum Gasteiger partial charge on any atom is 0.261 e. The standard InChI is InChI=1S/C25H26ClN3O6S2/c1-35-24-13-11-20(37(33,34)29-14-6-3-7-15-29)17-23(24)27-25(30)21-12-10-18(16-22(21)26)28-36(31,32)19-8-4-2-5-9-19/h2,4-5,8-13,16-17,28H,3,6-7,14-15H2,1H3,(H,27,30). The van der Waals surface area contributed by atoms with E-state index in [4.69, 9.17) is 16.3 Å². The number of benzene rings is 3. The summed E-state index contributed by atoms with van der Waals surface area (Å²) < 4.78 is 60.5. The van der Waals surface area contributed by atoms with Crippen LogP contribution in [0.4, 0.5) is 11.4 Å². The zero-order valence-corrected chi connectivity index (χ0v) is 22.4. The number of hydrogen-bond acceptors (Lipinski definition) is 6. The fraction of sp³-hybridized carbons (Fsp3) is 0.240. The number of anilines is 2. The number of methoxy groups -OCH3 is 1. The van der Waals surface area contributed by atoms with Gasteiger partial charge in [-0.2, -0.15) is 4.31 Å². The Bertz CT molecular complexity index is 1510. The topological polar surface area (TPSA) is 122 Å². The molecule has 0 aromatic heterocycles. The van der Waals surface area contributed by atoms with E-state index in [-0.39, 0.29) is 37.5 Å². The van der Waals surface area contributed by atoms with Crippen molar-refractivity contribution >= 4 is 48.9 Å². The first-order valence-corrected chi connectivity index (χ1v) is 14.8. The summed E-state index contributed by atoms with van der Waals surface area (Å²) >= 11 is 6.31. The molecule has 0 atom stereocenters. The molecule has 2 N–H and O–H groups in total. The summed E-state index contributed by atoms with van der Waals surface area (Å²) in [5, 5.41) is 2.66. The lowest BCUT2D eigenvalue weighted by Gasteiger charge is -2.26. The Balaban J connectivity index is 1.55. The fourth-order valence-electron chi connectivity index (χ4n) is 3.97. The molecule has 196 valence electrons. The Hall–Kier alpha value is -3.12. The van der Waals surface area contributed by atoms with Crippen LogP contribution in [0.3, 0.4) is 0 Å². The molecule has 0 radical (unpaired) electrons. The van der Waals surface area contributed by atoms with Crippen LogP contribution in [0.5, 0.6) is 5.75 Å². The van der Waals surface area contributed by atoms with E-state index in [0.717, 1.165) is 19.3 Å². The van der Waals surface area contributed by atoms with Crippen molar-refractivity contribution in [2.75, 3.05) is 30.2 Å². The highest BCUT2D eigenvalue weighted by molar-refractivity contribution is 7.92. The molecule has 1 heterocycles. The molecule has 0 aliphatic carbocycles. The van der Waals surface area contributed by atoms with E-state index < -0.39 is 26.0 Å². The summed E-state index contributed by atoms with van der Waals surface area (Å²) in [6.07, 6.45) is 2.59. The van der Waals surface area contributed by atoms with Crippen molar-refractivity contribution in [1.82, 2.24) is 4.31 Å². The molecule has 1 aliphatic rings. The highest BCUT2D eigenvalue weighted by Gasteiger charge is 2.27. The second kappa shape index (κ2) is 11.1. The molecule has 9 nitrogen and oxygen atoms in total. The predicted octanol–water partition coefficient (Wildman–Crippen LogP) is 4.58. The van der Waals surface area contributed by atoms with Gasteiger partial charge in [0.25, 0.3) is 15.9 Å². The number of hydrogen-bond donors (Lipinski definition) is 2. The van der Waals surface area contributed by atoms with Crippen LogP contribution in [0, 0.1) is 0 Å². The van der Waals surface area contributed by atoms with Crippen LogP contribution in [0.1, 0.15) is 29.6 Å².